The smallest absolute Gasteiger partial charge is 0.193 e. The number of hydrogen-bond donors (Lipinski definition) is 2. The summed E-state index contributed by atoms with van der Waals surface area (Å²) >= 11 is 0. The Morgan fingerprint density at radius 2 is 1.93 bits per heavy atom. The van der Waals surface area contributed by atoms with Crippen molar-refractivity contribution in [2.45, 2.75) is 20.0 Å². The normalized spacial score (nSPS) is 11.0. The molecule has 3 aromatic rings. The first-order valence-electron chi connectivity index (χ1n) is 8.40. The first-order chi connectivity index (χ1) is 12.6. The van der Waals surface area contributed by atoms with Crippen molar-refractivity contribution < 1.29 is 4.74 Å². The third kappa shape index (κ3) is 5.99. The Balaban J connectivity index is 0.00000261. The standard InChI is InChI=1S/C20H23N5O.HI/c1-15-22-10-11-25(15)14-17-5-3-4-16(12-17)13-23-20(21)24-18-6-8-19(26-2)9-7-18;/h3-12H,13-14H2,1-2H3,(H3,21,23,24);1H. The van der Waals surface area contributed by atoms with Crippen LogP contribution < -0.4 is 15.8 Å². The van der Waals surface area contributed by atoms with Crippen LogP contribution in [0.4, 0.5) is 5.69 Å². The highest BCUT2D eigenvalue weighted by molar-refractivity contribution is 14.0. The summed E-state index contributed by atoms with van der Waals surface area (Å²) in [5.74, 6) is 2.18. The number of aliphatic imine (C=N–C) groups is 1. The monoisotopic (exact) mass is 477 g/mol. The van der Waals surface area contributed by atoms with E-state index in [-0.39, 0.29) is 24.0 Å². The molecule has 0 spiro atoms. The van der Waals surface area contributed by atoms with Crippen LogP contribution in [0.2, 0.25) is 0 Å². The molecule has 0 unspecified atom stereocenters. The van der Waals surface area contributed by atoms with Crippen LogP contribution in [0.5, 0.6) is 5.75 Å². The summed E-state index contributed by atoms with van der Waals surface area (Å²) in [5, 5.41) is 3.08. The molecule has 2 aromatic carbocycles. The molecule has 1 heterocycles. The second-order valence-corrected chi connectivity index (χ2v) is 5.98. The zero-order valence-electron chi connectivity index (χ0n) is 15.4. The van der Waals surface area contributed by atoms with Gasteiger partial charge in [0.2, 0.25) is 0 Å². The van der Waals surface area contributed by atoms with E-state index in [9.17, 15) is 0 Å². The van der Waals surface area contributed by atoms with Crippen LogP contribution in [-0.2, 0) is 13.1 Å². The van der Waals surface area contributed by atoms with E-state index in [0.29, 0.717) is 12.5 Å². The number of anilines is 1. The number of methoxy groups -OCH3 is 1. The second kappa shape index (κ2) is 9.96. The SMILES string of the molecule is COc1ccc(NC(N)=NCc2cccc(Cn3ccnc3C)c2)cc1.I. The fourth-order valence-electron chi connectivity index (χ4n) is 2.63. The predicted octanol–water partition coefficient (Wildman–Crippen LogP) is 3.79. The molecule has 1 aromatic heterocycles. The van der Waals surface area contributed by atoms with Crippen molar-refractivity contribution in [3.63, 3.8) is 0 Å². The van der Waals surface area contributed by atoms with Gasteiger partial charge in [0, 0.05) is 24.6 Å². The zero-order valence-corrected chi connectivity index (χ0v) is 17.8. The molecule has 0 amide bonds. The summed E-state index contributed by atoms with van der Waals surface area (Å²) < 4.78 is 7.25. The molecule has 0 saturated carbocycles. The van der Waals surface area contributed by atoms with E-state index in [1.54, 1.807) is 7.11 Å². The molecule has 0 aliphatic rings. The predicted molar refractivity (Wildman–Crippen MR) is 120 cm³/mol. The molecule has 0 bridgehead atoms. The van der Waals surface area contributed by atoms with E-state index in [1.807, 2.05) is 49.6 Å². The fraction of sp³-hybridized carbons (Fsp3) is 0.200. The zero-order chi connectivity index (χ0) is 18.4. The highest BCUT2D eigenvalue weighted by Gasteiger charge is 2.01. The number of aromatic nitrogens is 2. The number of rotatable bonds is 6. The molecule has 142 valence electrons. The summed E-state index contributed by atoms with van der Waals surface area (Å²) in [6, 6.07) is 15.9. The van der Waals surface area contributed by atoms with Crippen molar-refractivity contribution in [3.05, 3.63) is 77.9 Å². The van der Waals surface area contributed by atoms with Crippen molar-refractivity contribution >= 4 is 35.6 Å². The fourth-order valence-corrected chi connectivity index (χ4v) is 2.63. The summed E-state index contributed by atoms with van der Waals surface area (Å²) in [7, 11) is 1.64. The van der Waals surface area contributed by atoms with Gasteiger partial charge in [-0.3, -0.25) is 0 Å². The van der Waals surface area contributed by atoms with Crippen molar-refractivity contribution in [1.29, 1.82) is 0 Å². The van der Waals surface area contributed by atoms with Gasteiger partial charge in [0.15, 0.2) is 5.96 Å². The van der Waals surface area contributed by atoms with E-state index >= 15 is 0 Å². The van der Waals surface area contributed by atoms with Crippen LogP contribution >= 0.6 is 24.0 Å². The van der Waals surface area contributed by atoms with Gasteiger partial charge in [-0.05, 0) is 42.3 Å². The van der Waals surface area contributed by atoms with Gasteiger partial charge in [0.25, 0.3) is 0 Å². The van der Waals surface area contributed by atoms with E-state index in [2.05, 4.69) is 38.1 Å². The number of guanidine groups is 1. The maximum Gasteiger partial charge on any atom is 0.193 e. The maximum absolute atomic E-state index is 5.99. The Hall–Kier alpha value is -2.55. The summed E-state index contributed by atoms with van der Waals surface area (Å²) in [4.78, 5) is 8.67. The summed E-state index contributed by atoms with van der Waals surface area (Å²) in [6.45, 7) is 3.31. The molecule has 0 aliphatic carbocycles. The Morgan fingerprint density at radius 3 is 2.59 bits per heavy atom. The van der Waals surface area contributed by atoms with Crippen LogP contribution in [0.15, 0.2) is 65.9 Å². The molecule has 3 rings (SSSR count). The third-order valence-corrected chi connectivity index (χ3v) is 4.06. The molecule has 0 saturated heterocycles. The van der Waals surface area contributed by atoms with Crippen LogP contribution in [0.3, 0.4) is 0 Å². The van der Waals surface area contributed by atoms with Crippen molar-refractivity contribution in [2.24, 2.45) is 10.7 Å². The molecule has 3 N–H and O–H groups in total. The van der Waals surface area contributed by atoms with Crippen molar-refractivity contribution in [2.75, 3.05) is 12.4 Å². The molecule has 0 fully saturated rings. The average Bonchev–Trinajstić information content (AvgIpc) is 3.06. The van der Waals surface area contributed by atoms with Crippen LogP contribution in [0, 0.1) is 6.92 Å². The Labute approximate surface area is 176 Å². The molecule has 7 heteroatoms. The minimum absolute atomic E-state index is 0. The highest BCUT2D eigenvalue weighted by Crippen LogP contribution is 2.15. The Morgan fingerprint density at radius 1 is 1.19 bits per heavy atom. The van der Waals surface area contributed by atoms with E-state index in [0.717, 1.165) is 29.4 Å². The highest BCUT2D eigenvalue weighted by atomic mass is 127. The lowest BCUT2D eigenvalue weighted by molar-refractivity contribution is 0.415. The van der Waals surface area contributed by atoms with E-state index < -0.39 is 0 Å². The molecule has 6 nitrogen and oxygen atoms in total. The number of halogens is 1. The molecule has 0 radical (unpaired) electrons. The number of nitrogens with zero attached hydrogens (tertiary/aromatic N) is 3. The first kappa shape index (κ1) is 20.8. The largest absolute Gasteiger partial charge is 0.497 e. The lowest BCUT2D eigenvalue weighted by atomic mass is 10.1. The molecular weight excluding hydrogens is 453 g/mol. The maximum atomic E-state index is 5.99. The minimum atomic E-state index is 0. The van der Waals surface area contributed by atoms with Crippen LogP contribution in [0.25, 0.3) is 0 Å². The molecule has 27 heavy (non-hydrogen) atoms. The Kier molecular flexibility index (Phi) is 7.66. The van der Waals surface area contributed by atoms with Crippen molar-refractivity contribution in [1.82, 2.24) is 9.55 Å². The number of nitrogens with two attached hydrogens (primary N) is 1. The number of nitrogens with one attached hydrogen (secondary N) is 1. The van der Waals surface area contributed by atoms with Gasteiger partial charge >= 0.3 is 0 Å². The molecular formula is C20H24IN5O. The number of aryl methyl sites for hydroxylation is 1. The lowest BCUT2D eigenvalue weighted by Crippen LogP contribution is -2.22. The van der Waals surface area contributed by atoms with Crippen LogP contribution in [0.1, 0.15) is 17.0 Å². The van der Waals surface area contributed by atoms with E-state index in [1.165, 1.54) is 5.56 Å². The summed E-state index contributed by atoms with van der Waals surface area (Å²) in [5.41, 5.74) is 9.18. The minimum Gasteiger partial charge on any atom is -0.497 e. The number of benzene rings is 2. The molecule has 0 aliphatic heterocycles. The second-order valence-electron chi connectivity index (χ2n) is 5.98. The lowest BCUT2D eigenvalue weighted by Gasteiger charge is -2.08. The summed E-state index contributed by atoms with van der Waals surface area (Å²) in [6.07, 6.45) is 3.80. The van der Waals surface area contributed by atoms with Gasteiger partial charge in [-0.2, -0.15) is 0 Å². The van der Waals surface area contributed by atoms with Gasteiger partial charge in [0.05, 0.1) is 13.7 Å². The average molecular weight is 477 g/mol. The quantitative estimate of drug-likeness (QED) is 0.322. The number of imidazole rings is 1. The third-order valence-electron chi connectivity index (χ3n) is 4.06. The van der Waals surface area contributed by atoms with Gasteiger partial charge in [-0.25, -0.2) is 9.98 Å². The first-order valence-corrected chi connectivity index (χ1v) is 8.40. The van der Waals surface area contributed by atoms with Crippen molar-refractivity contribution in [3.8, 4) is 5.75 Å². The van der Waals surface area contributed by atoms with Gasteiger partial charge in [-0.15, -0.1) is 24.0 Å². The molecule has 0 atom stereocenters. The Bertz CT molecular complexity index is 889. The topological polar surface area (TPSA) is 77.5 Å². The number of hydrogen-bond acceptors (Lipinski definition) is 3. The van der Waals surface area contributed by atoms with Crippen LogP contribution in [-0.4, -0.2) is 22.6 Å². The van der Waals surface area contributed by atoms with E-state index in [4.69, 9.17) is 10.5 Å². The van der Waals surface area contributed by atoms with Gasteiger partial charge < -0.3 is 20.4 Å². The van der Waals surface area contributed by atoms with Gasteiger partial charge in [-0.1, -0.05) is 24.3 Å². The number of ether oxygens (including phenoxy) is 1. The van der Waals surface area contributed by atoms with Gasteiger partial charge in [0.1, 0.15) is 11.6 Å².